The molecule has 1 saturated heterocycles. The van der Waals surface area contributed by atoms with Crippen molar-refractivity contribution in [3.05, 3.63) is 18.0 Å². The maximum Gasteiger partial charge on any atom is 0.338 e. The van der Waals surface area contributed by atoms with Gasteiger partial charge < -0.3 is 10.0 Å². The number of hydrogen-bond donors (Lipinski definition) is 1. The van der Waals surface area contributed by atoms with Gasteiger partial charge in [0.2, 0.25) is 0 Å². The summed E-state index contributed by atoms with van der Waals surface area (Å²) in [4.78, 5) is 12.9. The number of aromatic nitrogens is 2. The molecule has 0 radical (unpaired) electrons. The Kier molecular flexibility index (Phi) is 2.73. The number of rotatable bonds is 3. The molecule has 15 heavy (non-hydrogen) atoms. The van der Waals surface area contributed by atoms with E-state index in [0.717, 1.165) is 13.1 Å². The summed E-state index contributed by atoms with van der Waals surface area (Å²) in [5.74, 6) is -0.916. The van der Waals surface area contributed by atoms with Crippen molar-refractivity contribution in [2.24, 2.45) is 0 Å². The van der Waals surface area contributed by atoms with Gasteiger partial charge in [0.15, 0.2) is 0 Å². The second kappa shape index (κ2) is 4.02. The molecule has 82 valence electrons. The zero-order valence-electron chi connectivity index (χ0n) is 8.76. The maximum atomic E-state index is 10.7. The molecule has 5 heteroatoms. The van der Waals surface area contributed by atoms with Crippen LogP contribution in [-0.4, -0.2) is 45.4 Å². The lowest BCUT2D eigenvalue weighted by atomic mass is 10.2. The first-order chi connectivity index (χ1) is 7.16. The Morgan fingerprint density at radius 1 is 1.73 bits per heavy atom. The predicted octanol–water partition coefficient (Wildman–Crippen LogP) is 0.675. The summed E-state index contributed by atoms with van der Waals surface area (Å²) >= 11 is 0. The SMILES string of the molecule is CN1CCCC1Cn1cc(C(=O)O)cn1. The van der Waals surface area contributed by atoms with Gasteiger partial charge in [-0.2, -0.15) is 5.10 Å². The summed E-state index contributed by atoms with van der Waals surface area (Å²) in [6, 6.07) is 0.492. The van der Waals surface area contributed by atoms with Gasteiger partial charge in [-0.3, -0.25) is 4.68 Å². The van der Waals surface area contributed by atoms with Crippen molar-refractivity contribution in [2.75, 3.05) is 13.6 Å². The first kappa shape index (κ1) is 10.2. The molecule has 1 aromatic heterocycles. The van der Waals surface area contributed by atoms with Crippen molar-refractivity contribution in [1.82, 2.24) is 14.7 Å². The molecule has 5 nitrogen and oxygen atoms in total. The van der Waals surface area contributed by atoms with Crippen molar-refractivity contribution in [3.63, 3.8) is 0 Å². The standard InChI is InChI=1S/C10H15N3O2/c1-12-4-2-3-9(12)7-13-6-8(5-11-13)10(14)15/h5-6,9H,2-4,7H2,1H3,(H,14,15). The van der Waals surface area contributed by atoms with Crippen LogP contribution in [0.4, 0.5) is 0 Å². The number of likely N-dealkylation sites (N-methyl/N-ethyl adjacent to an activating group) is 1. The van der Waals surface area contributed by atoms with E-state index in [1.54, 1.807) is 10.9 Å². The first-order valence-corrected chi connectivity index (χ1v) is 5.13. The zero-order chi connectivity index (χ0) is 10.8. The lowest BCUT2D eigenvalue weighted by molar-refractivity contribution is 0.0696. The van der Waals surface area contributed by atoms with Crippen molar-refractivity contribution in [2.45, 2.75) is 25.4 Å². The van der Waals surface area contributed by atoms with Gasteiger partial charge in [0, 0.05) is 12.2 Å². The highest BCUT2D eigenvalue weighted by Crippen LogP contribution is 2.16. The van der Waals surface area contributed by atoms with Gasteiger partial charge in [0.05, 0.1) is 18.3 Å². The van der Waals surface area contributed by atoms with Gasteiger partial charge in [-0.25, -0.2) is 4.79 Å². The molecule has 2 rings (SSSR count). The molecule has 2 heterocycles. The van der Waals surface area contributed by atoms with E-state index in [1.165, 1.54) is 19.0 Å². The van der Waals surface area contributed by atoms with Crippen LogP contribution < -0.4 is 0 Å². The second-order valence-electron chi connectivity index (χ2n) is 4.03. The summed E-state index contributed by atoms with van der Waals surface area (Å²) < 4.78 is 1.72. The lowest BCUT2D eigenvalue weighted by Gasteiger charge is -2.18. The van der Waals surface area contributed by atoms with Crippen LogP contribution in [0.3, 0.4) is 0 Å². The topological polar surface area (TPSA) is 58.4 Å². The first-order valence-electron chi connectivity index (χ1n) is 5.13. The highest BCUT2D eigenvalue weighted by Gasteiger charge is 2.21. The fraction of sp³-hybridized carbons (Fsp3) is 0.600. The van der Waals surface area contributed by atoms with Crippen LogP contribution in [0.5, 0.6) is 0 Å². The summed E-state index contributed by atoms with van der Waals surface area (Å²) in [5, 5.41) is 12.8. The average Bonchev–Trinajstić information content (AvgIpc) is 2.77. The fourth-order valence-electron chi connectivity index (χ4n) is 2.00. The van der Waals surface area contributed by atoms with E-state index in [1.807, 2.05) is 0 Å². The highest BCUT2D eigenvalue weighted by atomic mass is 16.4. The van der Waals surface area contributed by atoms with E-state index in [0.29, 0.717) is 6.04 Å². The Hall–Kier alpha value is -1.36. The van der Waals surface area contributed by atoms with Gasteiger partial charge in [0.25, 0.3) is 0 Å². The van der Waals surface area contributed by atoms with E-state index in [9.17, 15) is 4.79 Å². The Labute approximate surface area is 88.3 Å². The van der Waals surface area contributed by atoms with E-state index < -0.39 is 5.97 Å². The minimum atomic E-state index is -0.916. The molecule has 0 amide bonds. The minimum Gasteiger partial charge on any atom is -0.478 e. The molecule has 1 unspecified atom stereocenters. The number of carboxylic acid groups (broad SMARTS) is 1. The van der Waals surface area contributed by atoms with Crippen LogP contribution in [0.2, 0.25) is 0 Å². The summed E-state index contributed by atoms with van der Waals surface area (Å²) in [5.41, 5.74) is 0.260. The van der Waals surface area contributed by atoms with Crippen molar-refractivity contribution < 1.29 is 9.90 Å². The molecular weight excluding hydrogens is 194 g/mol. The molecule has 1 aliphatic heterocycles. The van der Waals surface area contributed by atoms with E-state index in [-0.39, 0.29) is 5.56 Å². The molecule has 1 aromatic rings. The molecule has 0 saturated carbocycles. The van der Waals surface area contributed by atoms with E-state index in [4.69, 9.17) is 5.11 Å². The van der Waals surface area contributed by atoms with Crippen LogP contribution in [0.1, 0.15) is 23.2 Å². The number of carboxylic acids is 1. The van der Waals surface area contributed by atoms with Crippen LogP contribution >= 0.6 is 0 Å². The smallest absolute Gasteiger partial charge is 0.338 e. The van der Waals surface area contributed by atoms with Gasteiger partial charge in [0.1, 0.15) is 0 Å². The Balaban J connectivity index is 2.01. The average molecular weight is 209 g/mol. The molecule has 0 aromatic carbocycles. The second-order valence-corrected chi connectivity index (χ2v) is 4.03. The number of aromatic carboxylic acids is 1. The molecule has 1 fully saturated rings. The van der Waals surface area contributed by atoms with Crippen LogP contribution in [-0.2, 0) is 6.54 Å². The van der Waals surface area contributed by atoms with E-state index >= 15 is 0 Å². The summed E-state index contributed by atoms with van der Waals surface area (Å²) in [7, 11) is 2.10. The maximum absolute atomic E-state index is 10.7. The number of nitrogens with zero attached hydrogens (tertiary/aromatic N) is 3. The summed E-state index contributed by atoms with van der Waals surface area (Å²) in [6.45, 7) is 1.90. The number of likely N-dealkylation sites (tertiary alicyclic amines) is 1. The van der Waals surface area contributed by atoms with Gasteiger partial charge in [-0.05, 0) is 26.4 Å². The van der Waals surface area contributed by atoms with Gasteiger partial charge >= 0.3 is 5.97 Å². The van der Waals surface area contributed by atoms with Crippen LogP contribution in [0.15, 0.2) is 12.4 Å². The molecule has 1 aliphatic rings. The molecule has 1 N–H and O–H groups in total. The fourth-order valence-corrected chi connectivity index (χ4v) is 2.00. The monoisotopic (exact) mass is 209 g/mol. The van der Waals surface area contributed by atoms with Crippen molar-refractivity contribution >= 4 is 5.97 Å². The Morgan fingerprint density at radius 2 is 2.53 bits per heavy atom. The third kappa shape index (κ3) is 2.18. The van der Waals surface area contributed by atoms with Crippen molar-refractivity contribution in [1.29, 1.82) is 0 Å². The van der Waals surface area contributed by atoms with Crippen LogP contribution in [0, 0.1) is 0 Å². The quantitative estimate of drug-likeness (QED) is 0.795. The largest absolute Gasteiger partial charge is 0.478 e. The molecule has 0 spiro atoms. The molecular formula is C10H15N3O2. The molecule has 0 bridgehead atoms. The minimum absolute atomic E-state index is 0.260. The zero-order valence-corrected chi connectivity index (χ0v) is 8.76. The normalized spacial score (nSPS) is 22.1. The number of carbonyl (C=O) groups is 1. The molecule has 1 atom stereocenters. The van der Waals surface area contributed by atoms with Gasteiger partial charge in [-0.15, -0.1) is 0 Å². The van der Waals surface area contributed by atoms with E-state index in [2.05, 4.69) is 17.0 Å². The lowest BCUT2D eigenvalue weighted by Crippen LogP contribution is -2.29. The Morgan fingerprint density at radius 3 is 3.07 bits per heavy atom. The predicted molar refractivity (Wildman–Crippen MR) is 54.8 cm³/mol. The van der Waals surface area contributed by atoms with Crippen molar-refractivity contribution in [3.8, 4) is 0 Å². The van der Waals surface area contributed by atoms with Gasteiger partial charge in [-0.1, -0.05) is 0 Å². The summed E-state index contributed by atoms with van der Waals surface area (Å²) in [6.07, 6.45) is 5.37. The molecule has 0 aliphatic carbocycles. The van der Waals surface area contributed by atoms with Crippen LogP contribution in [0.25, 0.3) is 0 Å². The Bertz CT molecular complexity index is 361. The highest BCUT2D eigenvalue weighted by molar-refractivity contribution is 5.86. The third-order valence-electron chi connectivity index (χ3n) is 2.95. The third-order valence-corrected chi connectivity index (χ3v) is 2.95. The number of hydrogen-bond acceptors (Lipinski definition) is 3.